The van der Waals surface area contributed by atoms with Gasteiger partial charge in [-0.25, -0.2) is 4.68 Å². The van der Waals surface area contributed by atoms with Crippen molar-refractivity contribution in [1.82, 2.24) is 15.1 Å². The molecule has 2 aromatic carbocycles. The van der Waals surface area contributed by atoms with Gasteiger partial charge in [0.2, 0.25) is 0 Å². The second kappa shape index (κ2) is 8.51. The van der Waals surface area contributed by atoms with E-state index in [0.29, 0.717) is 5.92 Å². The molecule has 4 nitrogen and oxygen atoms in total. The number of aromatic nitrogens is 2. The molecule has 0 aliphatic carbocycles. The van der Waals surface area contributed by atoms with Crippen LogP contribution in [0, 0.1) is 12.8 Å². The first-order valence-electron chi connectivity index (χ1n) is 9.79. The third-order valence-electron chi connectivity index (χ3n) is 5.21. The number of ether oxygens (including phenoxy) is 1. The Morgan fingerprint density at radius 1 is 1.11 bits per heavy atom. The van der Waals surface area contributed by atoms with E-state index in [9.17, 15) is 0 Å². The lowest BCUT2D eigenvalue weighted by Crippen LogP contribution is -2.28. The zero-order chi connectivity index (χ0) is 18.5. The van der Waals surface area contributed by atoms with E-state index in [1.165, 1.54) is 29.5 Å². The Labute approximate surface area is 161 Å². The van der Waals surface area contributed by atoms with Gasteiger partial charge in [-0.1, -0.05) is 42.5 Å². The highest BCUT2D eigenvalue weighted by Crippen LogP contribution is 2.26. The molecule has 0 bridgehead atoms. The highest BCUT2D eigenvalue weighted by molar-refractivity contribution is 5.66. The summed E-state index contributed by atoms with van der Waals surface area (Å²) in [6.45, 7) is 5.74. The molecule has 4 rings (SSSR count). The van der Waals surface area contributed by atoms with Crippen LogP contribution in [0.3, 0.4) is 0 Å². The van der Waals surface area contributed by atoms with Crippen LogP contribution in [-0.2, 0) is 11.3 Å². The van der Waals surface area contributed by atoms with Crippen LogP contribution < -0.4 is 5.32 Å². The lowest BCUT2D eigenvalue weighted by molar-refractivity contribution is 0.0547. The van der Waals surface area contributed by atoms with Crippen LogP contribution in [-0.4, -0.2) is 29.5 Å². The number of benzene rings is 2. The Hall–Kier alpha value is -2.43. The third kappa shape index (κ3) is 4.29. The summed E-state index contributed by atoms with van der Waals surface area (Å²) in [5.41, 5.74) is 5.82. The molecule has 1 N–H and O–H groups in total. The molecule has 3 aromatic rings. The molecule has 140 valence electrons. The van der Waals surface area contributed by atoms with Crippen molar-refractivity contribution in [3.8, 4) is 16.9 Å². The van der Waals surface area contributed by atoms with Crippen LogP contribution in [0.15, 0.2) is 60.8 Å². The predicted molar refractivity (Wildman–Crippen MR) is 109 cm³/mol. The molecule has 1 fully saturated rings. The first-order valence-corrected chi connectivity index (χ1v) is 9.79. The summed E-state index contributed by atoms with van der Waals surface area (Å²) < 4.78 is 7.59. The summed E-state index contributed by atoms with van der Waals surface area (Å²) in [6, 6.07) is 18.8. The molecule has 1 atom stereocenters. The summed E-state index contributed by atoms with van der Waals surface area (Å²) in [5, 5.41) is 8.56. The summed E-state index contributed by atoms with van der Waals surface area (Å²) in [4.78, 5) is 0. The molecule has 0 amide bonds. The number of hydrogen-bond acceptors (Lipinski definition) is 3. The second-order valence-electron chi connectivity index (χ2n) is 7.31. The van der Waals surface area contributed by atoms with Crippen LogP contribution in [0.5, 0.6) is 0 Å². The number of nitrogens with one attached hydrogen (secondary N) is 1. The minimum Gasteiger partial charge on any atom is -0.381 e. The Kier molecular flexibility index (Phi) is 5.66. The van der Waals surface area contributed by atoms with Crippen molar-refractivity contribution in [3.63, 3.8) is 0 Å². The number of aryl methyl sites for hydroxylation is 1. The number of para-hydroxylation sites is 1. The monoisotopic (exact) mass is 361 g/mol. The van der Waals surface area contributed by atoms with Crippen LogP contribution in [0.4, 0.5) is 0 Å². The fourth-order valence-corrected chi connectivity index (χ4v) is 3.70. The van der Waals surface area contributed by atoms with Crippen molar-refractivity contribution < 1.29 is 4.74 Å². The van der Waals surface area contributed by atoms with E-state index in [1.807, 2.05) is 22.9 Å². The quantitative estimate of drug-likeness (QED) is 0.709. The number of nitrogens with zero attached hydrogens (tertiary/aromatic N) is 2. The maximum Gasteiger partial charge on any atom is 0.0975 e. The average Bonchev–Trinajstić information content (AvgIpc) is 3.14. The Balaban J connectivity index is 1.58. The molecule has 4 heteroatoms. The zero-order valence-electron chi connectivity index (χ0n) is 15.9. The fraction of sp³-hybridized carbons (Fsp3) is 0.348. The maximum absolute atomic E-state index is 5.60. The fourth-order valence-electron chi connectivity index (χ4n) is 3.70. The molecular formula is C23H27N3O. The Bertz CT molecular complexity index is 866. The molecular weight excluding hydrogens is 334 g/mol. The highest BCUT2D eigenvalue weighted by Gasteiger charge is 2.16. The number of hydrogen-bond donors (Lipinski definition) is 1. The second-order valence-corrected chi connectivity index (χ2v) is 7.31. The van der Waals surface area contributed by atoms with E-state index in [0.717, 1.165) is 37.7 Å². The van der Waals surface area contributed by atoms with Gasteiger partial charge in [-0.05, 0) is 43.4 Å². The highest BCUT2D eigenvalue weighted by atomic mass is 16.5. The lowest BCUT2D eigenvalue weighted by atomic mass is 10.0. The molecule has 1 aliphatic heterocycles. The van der Waals surface area contributed by atoms with Crippen molar-refractivity contribution in [2.75, 3.05) is 19.8 Å². The molecule has 1 aromatic heterocycles. The van der Waals surface area contributed by atoms with Crippen molar-refractivity contribution in [1.29, 1.82) is 0 Å². The summed E-state index contributed by atoms with van der Waals surface area (Å²) in [7, 11) is 0. The van der Waals surface area contributed by atoms with Crippen LogP contribution in [0.1, 0.15) is 24.0 Å². The van der Waals surface area contributed by atoms with Gasteiger partial charge in [0.15, 0.2) is 0 Å². The largest absolute Gasteiger partial charge is 0.381 e. The van der Waals surface area contributed by atoms with E-state index in [-0.39, 0.29) is 0 Å². The molecule has 2 heterocycles. The molecule has 0 spiro atoms. The average molecular weight is 361 g/mol. The van der Waals surface area contributed by atoms with Crippen molar-refractivity contribution in [2.45, 2.75) is 26.3 Å². The van der Waals surface area contributed by atoms with Crippen LogP contribution in [0.2, 0.25) is 0 Å². The SMILES string of the molecule is Cc1ccccc1-c1nn(-c2ccccc2)cc1CNCC1CCCOC1. The normalized spacial score (nSPS) is 17.1. The minimum atomic E-state index is 0.616. The Morgan fingerprint density at radius 2 is 1.93 bits per heavy atom. The van der Waals surface area contributed by atoms with Gasteiger partial charge < -0.3 is 10.1 Å². The lowest BCUT2D eigenvalue weighted by Gasteiger charge is -2.22. The van der Waals surface area contributed by atoms with Gasteiger partial charge >= 0.3 is 0 Å². The van der Waals surface area contributed by atoms with Gasteiger partial charge in [0.05, 0.1) is 18.0 Å². The molecule has 1 saturated heterocycles. The number of rotatable bonds is 6. The summed E-state index contributed by atoms with van der Waals surface area (Å²) in [5.74, 6) is 0.616. The van der Waals surface area contributed by atoms with Gasteiger partial charge in [0.1, 0.15) is 0 Å². The molecule has 27 heavy (non-hydrogen) atoms. The zero-order valence-corrected chi connectivity index (χ0v) is 15.9. The first kappa shape index (κ1) is 18.0. The predicted octanol–water partition coefficient (Wildman–Crippen LogP) is 4.36. The first-order chi connectivity index (χ1) is 13.3. The van der Waals surface area contributed by atoms with Crippen LogP contribution in [0.25, 0.3) is 16.9 Å². The van der Waals surface area contributed by atoms with E-state index in [1.54, 1.807) is 0 Å². The molecule has 0 radical (unpaired) electrons. The topological polar surface area (TPSA) is 39.1 Å². The third-order valence-corrected chi connectivity index (χ3v) is 5.21. The van der Waals surface area contributed by atoms with Crippen molar-refractivity contribution >= 4 is 0 Å². The molecule has 1 unspecified atom stereocenters. The summed E-state index contributed by atoms with van der Waals surface area (Å²) >= 11 is 0. The smallest absolute Gasteiger partial charge is 0.0975 e. The van der Waals surface area contributed by atoms with E-state index < -0.39 is 0 Å². The van der Waals surface area contributed by atoms with Gasteiger partial charge in [0, 0.05) is 37.0 Å². The minimum absolute atomic E-state index is 0.616. The van der Waals surface area contributed by atoms with E-state index in [2.05, 4.69) is 54.8 Å². The van der Waals surface area contributed by atoms with Gasteiger partial charge in [-0.3, -0.25) is 0 Å². The van der Waals surface area contributed by atoms with Crippen molar-refractivity contribution in [2.24, 2.45) is 5.92 Å². The van der Waals surface area contributed by atoms with E-state index in [4.69, 9.17) is 9.84 Å². The van der Waals surface area contributed by atoms with Gasteiger partial charge in [-0.2, -0.15) is 5.10 Å². The molecule has 0 saturated carbocycles. The van der Waals surface area contributed by atoms with Crippen molar-refractivity contribution in [3.05, 3.63) is 71.9 Å². The standard InChI is InChI=1S/C23H27N3O/c1-18-8-5-6-12-22(18)23-20(15-24-14-19-9-7-13-27-17-19)16-26(25-23)21-10-3-2-4-11-21/h2-6,8,10-12,16,19,24H,7,9,13-15,17H2,1H3. The van der Waals surface area contributed by atoms with Gasteiger partial charge in [0.25, 0.3) is 0 Å². The van der Waals surface area contributed by atoms with E-state index >= 15 is 0 Å². The van der Waals surface area contributed by atoms with Crippen LogP contribution >= 0.6 is 0 Å². The summed E-state index contributed by atoms with van der Waals surface area (Å²) in [6.07, 6.45) is 4.58. The van der Waals surface area contributed by atoms with Gasteiger partial charge in [-0.15, -0.1) is 0 Å². The Morgan fingerprint density at radius 3 is 2.70 bits per heavy atom. The molecule has 1 aliphatic rings. The maximum atomic E-state index is 5.60.